The van der Waals surface area contributed by atoms with Crippen LogP contribution in [0.2, 0.25) is 0 Å². The predicted octanol–water partition coefficient (Wildman–Crippen LogP) is 1.92. The fourth-order valence-electron chi connectivity index (χ4n) is 1.32. The van der Waals surface area contributed by atoms with Crippen LogP contribution in [-0.2, 0) is 11.2 Å². The molecule has 82 valence electrons. The molecule has 1 aromatic rings. The number of aromatic nitrogens is 1. The predicted molar refractivity (Wildman–Crippen MR) is 59.0 cm³/mol. The summed E-state index contributed by atoms with van der Waals surface area (Å²) in [6.07, 6.45) is 4.07. The smallest absolute Gasteiger partial charge is 0.303 e. The number of anilines is 1. The summed E-state index contributed by atoms with van der Waals surface area (Å²) in [4.78, 5) is 14.5. The Balaban J connectivity index is 2.72. The highest BCUT2D eigenvalue weighted by atomic mass is 16.4. The highest BCUT2D eigenvalue weighted by Gasteiger charge is 2.05. The summed E-state index contributed by atoms with van der Waals surface area (Å²) >= 11 is 0. The molecule has 0 saturated carbocycles. The van der Waals surface area contributed by atoms with Gasteiger partial charge in [0.15, 0.2) is 0 Å². The summed E-state index contributed by atoms with van der Waals surface area (Å²) in [5.41, 5.74) is 1.93. The molecule has 1 heterocycles. The number of nitrogens with zero attached hydrogens (tertiary/aromatic N) is 1. The summed E-state index contributed by atoms with van der Waals surface area (Å²) in [6, 6.07) is 2.20. The lowest BCUT2D eigenvalue weighted by Gasteiger charge is -2.13. The summed E-state index contributed by atoms with van der Waals surface area (Å²) in [5, 5.41) is 11.9. The van der Waals surface area contributed by atoms with Crippen molar-refractivity contribution in [2.24, 2.45) is 0 Å². The second-order valence-corrected chi connectivity index (χ2v) is 3.73. The molecule has 0 amide bonds. The fraction of sp³-hybridized carbons (Fsp3) is 0.455. The van der Waals surface area contributed by atoms with Gasteiger partial charge < -0.3 is 10.4 Å². The molecule has 0 bridgehead atoms. The van der Waals surface area contributed by atoms with Gasteiger partial charge in [0.2, 0.25) is 0 Å². The van der Waals surface area contributed by atoms with Gasteiger partial charge in [0.1, 0.15) is 0 Å². The molecule has 0 atom stereocenters. The number of nitrogens with one attached hydrogen (secondary N) is 1. The summed E-state index contributed by atoms with van der Waals surface area (Å²) in [6.45, 7) is 4.09. The van der Waals surface area contributed by atoms with Crippen LogP contribution in [-0.4, -0.2) is 22.1 Å². The molecule has 2 N–H and O–H groups in total. The van der Waals surface area contributed by atoms with Gasteiger partial charge in [-0.1, -0.05) is 0 Å². The Labute approximate surface area is 89.3 Å². The number of hydrogen-bond donors (Lipinski definition) is 2. The molecule has 0 saturated heterocycles. The molecule has 0 fully saturated rings. The zero-order valence-corrected chi connectivity index (χ0v) is 9.03. The molecule has 1 aromatic heterocycles. The van der Waals surface area contributed by atoms with Gasteiger partial charge in [-0.25, -0.2) is 0 Å². The van der Waals surface area contributed by atoms with Crippen molar-refractivity contribution in [1.82, 2.24) is 4.98 Å². The van der Waals surface area contributed by atoms with Crippen molar-refractivity contribution in [1.29, 1.82) is 0 Å². The lowest BCUT2D eigenvalue weighted by molar-refractivity contribution is -0.136. The maximum Gasteiger partial charge on any atom is 0.303 e. The number of rotatable bonds is 5. The largest absolute Gasteiger partial charge is 0.481 e. The van der Waals surface area contributed by atoms with Gasteiger partial charge in [0.25, 0.3) is 0 Å². The van der Waals surface area contributed by atoms with Crippen molar-refractivity contribution in [3.63, 3.8) is 0 Å². The van der Waals surface area contributed by atoms with Gasteiger partial charge in [-0.15, -0.1) is 0 Å². The number of carboxylic acids is 1. The van der Waals surface area contributed by atoms with Crippen molar-refractivity contribution >= 4 is 11.7 Å². The minimum atomic E-state index is -0.783. The molecule has 15 heavy (non-hydrogen) atoms. The van der Waals surface area contributed by atoms with E-state index in [0.717, 1.165) is 11.3 Å². The van der Waals surface area contributed by atoms with E-state index >= 15 is 0 Å². The van der Waals surface area contributed by atoms with Gasteiger partial charge in [-0.3, -0.25) is 9.78 Å². The van der Waals surface area contributed by atoms with Crippen LogP contribution in [0.15, 0.2) is 18.5 Å². The zero-order valence-electron chi connectivity index (χ0n) is 9.03. The van der Waals surface area contributed by atoms with E-state index in [1.54, 1.807) is 12.4 Å². The van der Waals surface area contributed by atoms with Crippen LogP contribution in [0.3, 0.4) is 0 Å². The first-order chi connectivity index (χ1) is 7.09. The average Bonchev–Trinajstić information content (AvgIpc) is 2.15. The number of aliphatic carboxylic acids is 1. The third-order valence-corrected chi connectivity index (χ3v) is 1.96. The number of carboxylic acid groups (broad SMARTS) is 1. The Morgan fingerprint density at radius 1 is 1.60 bits per heavy atom. The Bertz CT molecular complexity index is 337. The molecule has 0 radical (unpaired) electrons. The van der Waals surface area contributed by atoms with E-state index < -0.39 is 5.97 Å². The van der Waals surface area contributed by atoms with Crippen molar-refractivity contribution in [3.8, 4) is 0 Å². The topological polar surface area (TPSA) is 62.2 Å². The van der Waals surface area contributed by atoms with E-state index in [9.17, 15) is 4.79 Å². The summed E-state index contributed by atoms with van der Waals surface area (Å²) < 4.78 is 0. The lowest BCUT2D eigenvalue weighted by Crippen LogP contribution is -2.12. The summed E-state index contributed by atoms with van der Waals surface area (Å²) in [7, 11) is 0. The van der Waals surface area contributed by atoms with Crippen LogP contribution in [0.1, 0.15) is 25.8 Å². The molecule has 0 aliphatic heterocycles. The van der Waals surface area contributed by atoms with Crippen molar-refractivity contribution in [2.45, 2.75) is 32.7 Å². The van der Waals surface area contributed by atoms with E-state index in [2.05, 4.69) is 10.3 Å². The number of pyridine rings is 1. The molecule has 0 spiro atoms. The zero-order chi connectivity index (χ0) is 11.3. The molecule has 0 aromatic carbocycles. The Morgan fingerprint density at radius 3 is 2.93 bits per heavy atom. The minimum absolute atomic E-state index is 0.137. The maximum atomic E-state index is 10.5. The number of aryl methyl sites for hydroxylation is 1. The monoisotopic (exact) mass is 208 g/mol. The molecule has 4 nitrogen and oxygen atoms in total. The number of carbonyl (C=O) groups is 1. The van der Waals surface area contributed by atoms with Crippen LogP contribution >= 0.6 is 0 Å². The van der Waals surface area contributed by atoms with Crippen molar-refractivity contribution in [3.05, 3.63) is 24.0 Å². The van der Waals surface area contributed by atoms with Crippen LogP contribution in [0.4, 0.5) is 5.69 Å². The summed E-state index contributed by atoms with van der Waals surface area (Å²) in [5.74, 6) is -0.783. The minimum Gasteiger partial charge on any atom is -0.481 e. The van der Waals surface area contributed by atoms with Crippen molar-refractivity contribution in [2.75, 3.05) is 5.32 Å². The van der Waals surface area contributed by atoms with E-state index in [1.165, 1.54) is 0 Å². The Hall–Kier alpha value is -1.58. The standard InChI is InChI=1S/C11H16N2O2/c1-8(2)13-10-5-6-12-7-9(10)3-4-11(14)15/h5-8H,3-4H2,1-2H3,(H,12,13)(H,14,15). The van der Waals surface area contributed by atoms with Crippen molar-refractivity contribution < 1.29 is 9.90 Å². The van der Waals surface area contributed by atoms with Crippen LogP contribution in [0.25, 0.3) is 0 Å². The molecule has 0 unspecified atom stereocenters. The van der Waals surface area contributed by atoms with Crippen LogP contribution in [0, 0.1) is 0 Å². The first kappa shape index (κ1) is 11.5. The Morgan fingerprint density at radius 2 is 2.33 bits per heavy atom. The first-order valence-corrected chi connectivity index (χ1v) is 5.01. The van der Waals surface area contributed by atoms with Crippen LogP contribution in [0.5, 0.6) is 0 Å². The molecule has 4 heteroatoms. The molecular formula is C11H16N2O2. The van der Waals surface area contributed by atoms with E-state index in [-0.39, 0.29) is 6.42 Å². The van der Waals surface area contributed by atoms with Gasteiger partial charge >= 0.3 is 5.97 Å². The molecule has 0 aliphatic carbocycles. The third-order valence-electron chi connectivity index (χ3n) is 1.96. The Kier molecular flexibility index (Phi) is 4.09. The van der Waals surface area contributed by atoms with Gasteiger partial charge in [0, 0.05) is 30.5 Å². The number of hydrogen-bond acceptors (Lipinski definition) is 3. The molecule has 1 rings (SSSR count). The normalized spacial score (nSPS) is 10.3. The molecular weight excluding hydrogens is 192 g/mol. The van der Waals surface area contributed by atoms with E-state index in [1.807, 2.05) is 19.9 Å². The lowest BCUT2D eigenvalue weighted by atomic mass is 10.1. The van der Waals surface area contributed by atoms with Crippen LogP contribution < -0.4 is 5.32 Å². The maximum absolute atomic E-state index is 10.5. The SMILES string of the molecule is CC(C)Nc1ccncc1CCC(=O)O. The fourth-order valence-corrected chi connectivity index (χ4v) is 1.32. The second-order valence-electron chi connectivity index (χ2n) is 3.73. The van der Waals surface area contributed by atoms with Gasteiger partial charge in [0.05, 0.1) is 0 Å². The highest BCUT2D eigenvalue weighted by molar-refractivity contribution is 5.67. The third kappa shape index (κ3) is 3.97. The second kappa shape index (κ2) is 5.34. The van der Waals surface area contributed by atoms with E-state index in [0.29, 0.717) is 12.5 Å². The quantitative estimate of drug-likeness (QED) is 0.776. The highest BCUT2D eigenvalue weighted by Crippen LogP contribution is 2.16. The van der Waals surface area contributed by atoms with Gasteiger partial charge in [-0.2, -0.15) is 0 Å². The first-order valence-electron chi connectivity index (χ1n) is 5.01. The average molecular weight is 208 g/mol. The van der Waals surface area contributed by atoms with Gasteiger partial charge in [-0.05, 0) is 31.9 Å². The molecule has 0 aliphatic rings. The van der Waals surface area contributed by atoms with E-state index in [4.69, 9.17) is 5.11 Å².